The van der Waals surface area contributed by atoms with Crippen molar-refractivity contribution in [2.75, 3.05) is 19.8 Å². The van der Waals surface area contributed by atoms with Gasteiger partial charge in [-0.05, 0) is 19.4 Å². The zero-order valence-electron chi connectivity index (χ0n) is 11.4. The minimum Gasteiger partial charge on any atom is -0.381 e. The summed E-state index contributed by atoms with van der Waals surface area (Å²) in [6.45, 7) is 5.52. The van der Waals surface area contributed by atoms with Crippen molar-refractivity contribution in [1.82, 2.24) is 20.2 Å². The molecule has 1 aliphatic heterocycles. The Hall–Kier alpha value is -1.40. The van der Waals surface area contributed by atoms with Gasteiger partial charge < -0.3 is 19.9 Å². The van der Waals surface area contributed by atoms with Crippen LogP contribution in [0.25, 0.3) is 0 Å². The zero-order chi connectivity index (χ0) is 13.5. The highest BCUT2D eigenvalue weighted by molar-refractivity contribution is 5.76. The Kier molecular flexibility index (Phi) is 5.35. The van der Waals surface area contributed by atoms with E-state index >= 15 is 0 Å². The van der Waals surface area contributed by atoms with E-state index in [1.165, 1.54) is 0 Å². The summed E-state index contributed by atoms with van der Waals surface area (Å²) in [7, 11) is 0. The van der Waals surface area contributed by atoms with Crippen molar-refractivity contribution in [3.63, 3.8) is 0 Å². The average molecular weight is 266 g/mol. The second-order valence-corrected chi connectivity index (χ2v) is 4.77. The van der Waals surface area contributed by atoms with E-state index in [9.17, 15) is 4.79 Å². The molecule has 0 saturated carbocycles. The van der Waals surface area contributed by atoms with Gasteiger partial charge in [-0.3, -0.25) is 4.79 Å². The highest BCUT2D eigenvalue weighted by Gasteiger charge is 2.16. The molecule has 1 fully saturated rings. The molecule has 0 aromatic carbocycles. The molecule has 2 heterocycles. The second kappa shape index (κ2) is 7.25. The smallest absolute Gasteiger partial charge is 0.240 e. The number of carbonyl (C=O) groups excluding carboxylic acids is 1. The van der Waals surface area contributed by atoms with Crippen molar-refractivity contribution < 1.29 is 9.53 Å². The molecular weight excluding hydrogens is 244 g/mol. The monoisotopic (exact) mass is 266 g/mol. The molecule has 0 bridgehead atoms. The quantitative estimate of drug-likeness (QED) is 0.776. The van der Waals surface area contributed by atoms with Crippen LogP contribution in [0.3, 0.4) is 0 Å². The zero-order valence-corrected chi connectivity index (χ0v) is 11.4. The number of nitrogens with zero attached hydrogens (tertiary/aromatic N) is 2. The van der Waals surface area contributed by atoms with Crippen molar-refractivity contribution in [3.05, 3.63) is 18.2 Å². The first kappa shape index (κ1) is 14.0. The summed E-state index contributed by atoms with van der Waals surface area (Å²) in [4.78, 5) is 16.1. The molecule has 6 nitrogen and oxygen atoms in total. The maximum atomic E-state index is 11.9. The van der Waals surface area contributed by atoms with Crippen molar-refractivity contribution in [1.29, 1.82) is 0 Å². The fraction of sp³-hybridized carbons (Fsp3) is 0.692. The second-order valence-electron chi connectivity index (χ2n) is 4.77. The Morgan fingerprint density at radius 3 is 3.05 bits per heavy atom. The first-order valence-electron chi connectivity index (χ1n) is 6.86. The minimum atomic E-state index is 0.0410. The van der Waals surface area contributed by atoms with Gasteiger partial charge in [0.1, 0.15) is 6.54 Å². The lowest BCUT2D eigenvalue weighted by molar-refractivity contribution is -0.122. The Morgan fingerprint density at radius 2 is 2.32 bits per heavy atom. The van der Waals surface area contributed by atoms with Gasteiger partial charge in [0.15, 0.2) is 0 Å². The summed E-state index contributed by atoms with van der Waals surface area (Å²) in [5.41, 5.74) is 0.959. The first-order valence-corrected chi connectivity index (χ1v) is 6.86. The third-order valence-electron chi connectivity index (χ3n) is 3.16. The summed E-state index contributed by atoms with van der Waals surface area (Å²) < 4.78 is 7.09. The van der Waals surface area contributed by atoms with Crippen molar-refractivity contribution in [3.8, 4) is 0 Å². The Bertz CT molecular complexity index is 399. The highest BCUT2D eigenvalue weighted by atomic mass is 16.5. The van der Waals surface area contributed by atoms with Crippen molar-refractivity contribution in [2.45, 2.75) is 38.9 Å². The predicted octanol–water partition coefficient (Wildman–Crippen LogP) is 0.288. The molecule has 0 aliphatic carbocycles. The number of hydrogen-bond donors (Lipinski definition) is 2. The Morgan fingerprint density at radius 1 is 1.53 bits per heavy atom. The van der Waals surface area contributed by atoms with Crippen LogP contribution >= 0.6 is 0 Å². The van der Waals surface area contributed by atoms with Gasteiger partial charge in [0.2, 0.25) is 5.91 Å². The van der Waals surface area contributed by atoms with E-state index in [0.717, 1.165) is 44.8 Å². The standard InChI is InChI=1S/C13H22N4O2/c1-2-14-7-12-8-17(10-15-12)9-13(18)16-11-3-5-19-6-4-11/h8,10-11,14H,2-7,9H2,1H3,(H,16,18). The predicted molar refractivity (Wildman–Crippen MR) is 71.6 cm³/mol. The van der Waals surface area contributed by atoms with E-state index in [2.05, 4.69) is 22.5 Å². The number of ether oxygens (including phenoxy) is 1. The molecule has 1 saturated heterocycles. The highest BCUT2D eigenvalue weighted by Crippen LogP contribution is 2.06. The first-order chi connectivity index (χ1) is 9.28. The third kappa shape index (κ3) is 4.65. The van der Waals surface area contributed by atoms with Crippen LogP contribution in [0.2, 0.25) is 0 Å². The van der Waals surface area contributed by atoms with Gasteiger partial charge in [0.25, 0.3) is 0 Å². The third-order valence-corrected chi connectivity index (χ3v) is 3.16. The fourth-order valence-corrected chi connectivity index (χ4v) is 2.12. The number of nitrogens with one attached hydrogen (secondary N) is 2. The lowest BCUT2D eigenvalue weighted by Gasteiger charge is -2.23. The minimum absolute atomic E-state index is 0.0410. The van der Waals surface area contributed by atoms with E-state index < -0.39 is 0 Å². The summed E-state index contributed by atoms with van der Waals surface area (Å²) in [5.74, 6) is 0.0410. The molecule has 106 valence electrons. The molecule has 6 heteroatoms. The van der Waals surface area contributed by atoms with E-state index in [1.54, 1.807) is 6.33 Å². The van der Waals surface area contributed by atoms with E-state index in [0.29, 0.717) is 6.54 Å². The average Bonchev–Trinajstić information content (AvgIpc) is 2.85. The van der Waals surface area contributed by atoms with Gasteiger partial charge in [-0.2, -0.15) is 0 Å². The van der Waals surface area contributed by atoms with Crippen molar-refractivity contribution >= 4 is 5.91 Å². The van der Waals surface area contributed by atoms with Crippen LogP contribution in [-0.4, -0.2) is 41.3 Å². The molecule has 19 heavy (non-hydrogen) atoms. The number of amides is 1. The van der Waals surface area contributed by atoms with Gasteiger partial charge in [-0.1, -0.05) is 6.92 Å². The van der Waals surface area contributed by atoms with E-state index in [1.807, 2.05) is 10.8 Å². The molecule has 2 rings (SSSR count). The number of hydrogen-bond acceptors (Lipinski definition) is 4. The number of imidazole rings is 1. The molecule has 2 N–H and O–H groups in total. The Labute approximate surface area is 113 Å². The van der Waals surface area contributed by atoms with Crippen LogP contribution in [0.4, 0.5) is 0 Å². The van der Waals surface area contributed by atoms with Gasteiger partial charge in [0, 0.05) is 32.0 Å². The largest absolute Gasteiger partial charge is 0.381 e. The summed E-state index contributed by atoms with van der Waals surface area (Å²) in [6.07, 6.45) is 5.42. The topological polar surface area (TPSA) is 68.2 Å². The van der Waals surface area contributed by atoms with Crippen LogP contribution in [0.15, 0.2) is 12.5 Å². The van der Waals surface area contributed by atoms with Crippen LogP contribution in [0, 0.1) is 0 Å². The van der Waals surface area contributed by atoms with Gasteiger partial charge in [-0.15, -0.1) is 0 Å². The molecule has 1 aromatic rings. The molecule has 0 atom stereocenters. The molecule has 0 spiro atoms. The normalized spacial score (nSPS) is 16.5. The lowest BCUT2D eigenvalue weighted by Crippen LogP contribution is -2.40. The van der Waals surface area contributed by atoms with Crippen LogP contribution < -0.4 is 10.6 Å². The van der Waals surface area contributed by atoms with Crippen LogP contribution in [0.1, 0.15) is 25.5 Å². The Balaban J connectivity index is 1.76. The number of rotatable bonds is 6. The number of carbonyl (C=O) groups is 1. The molecule has 1 amide bonds. The molecule has 0 unspecified atom stereocenters. The van der Waals surface area contributed by atoms with Crippen LogP contribution in [0.5, 0.6) is 0 Å². The lowest BCUT2D eigenvalue weighted by atomic mass is 10.1. The summed E-state index contributed by atoms with van der Waals surface area (Å²) >= 11 is 0. The SMILES string of the molecule is CCNCc1cn(CC(=O)NC2CCOCC2)cn1. The molecule has 1 aliphatic rings. The maximum absolute atomic E-state index is 11.9. The molecule has 1 aromatic heterocycles. The summed E-state index contributed by atoms with van der Waals surface area (Å²) in [6, 6.07) is 0.256. The summed E-state index contributed by atoms with van der Waals surface area (Å²) in [5, 5.41) is 6.24. The molecule has 0 radical (unpaired) electrons. The van der Waals surface area contributed by atoms with Gasteiger partial charge >= 0.3 is 0 Å². The van der Waals surface area contributed by atoms with Crippen molar-refractivity contribution in [2.24, 2.45) is 0 Å². The van der Waals surface area contributed by atoms with E-state index in [-0.39, 0.29) is 11.9 Å². The van der Waals surface area contributed by atoms with Gasteiger partial charge in [-0.25, -0.2) is 4.98 Å². The van der Waals surface area contributed by atoms with Gasteiger partial charge in [0.05, 0.1) is 12.0 Å². The van der Waals surface area contributed by atoms with Crippen LogP contribution in [-0.2, 0) is 22.6 Å². The molecular formula is C13H22N4O2. The fourth-order valence-electron chi connectivity index (χ4n) is 2.12. The number of aromatic nitrogens is 2. The maximum Gasteiger partial charge on any atom is 0.240 e. The van der Waals surface area contributed by atoms with E-state index in [4.69, 9.17) is 4.74 Å².